The SMILES string of the molecule is COCCNC(=O)Cc1ccc(Oc2nc(Cc3ccccc3)ns2)cc1. The summed E-state index contributed by atoms with van der Waals surface area (Å²) in [4.78, 5) is 16.2. The van der Waals surface area contributed by atoms with Crippen LogP contribution in [0.2, 0.25) is 0 Å². The zero-order valence-corrected chi connectivity index (χ0v) is 15.9. The van der Waals surface area contributed by atoms with Crippen LogP contribution in [0.3, 0.4) is 0 Å². The average Bonchev–Trinajstić information content (AvgIpc) is 3.11. The van der Waals surface area contributed by atoms with Crippen LogP contribution in [0.1, 0.15) is 17.0 Å². The van der Waals surface area contributed by atoms with Crippen LogP contribution in [0.25, 0.3) is 0 Å². The van der Waals surface area contributed by atoms with E-state index in [1.807, 2.05) is 54.6 Å². The summed E-state index contributed by atoms with van der Waals surface area (Å²) >= 11 is 1.23. The van der Waals surface area contributed by atoms with Crippen molar-refractivity contribution in [1.29, 1.82) is 0 Å². The number of rotatable bonds is 9. The molecule has 0 atom stereocenters. The summed E-state index contributed by atoms with van der Waals surface area (Å²) in [6.07, 6.45) is 1.00. The van der Waals surface area contributed by atoms with Gasteiger partial charge in [-0.25, -0.2) is 0 Å². The molecule has 1 amide bonds. The maximum Gasteiger partial charge on any atom is 0.298 e. The standard InChI is InChI=1S/C20H21N3O3S/c1-25-12-11-21-19(24)14-16-7-9-17(10-8-16)26-20-22-18(23-27-20)13-15-5-3-2-4-6-15/h2-10H,11-14H2,1H3,(H,21,24). The average molecular weight is 383 g/mol. The van der Waals surface area contributed by atoms with Gasteiger partial charge in [-0.05, 0) is 23.3 Å². The Labute approximate surface area is 162 Å². The van der Waals surface area contributed by atoms with Crippen LogP contribution >= 0.6 is 11.5 Å². The summed E-state index contributed by atoms with van der Waals surface area (Å²) in [7, 11) is 1.60. The number of carbonyl (C=O) groups excluding carboxylic acids is 1. The van der Waals surface area contributed by atoms with Crippen LogP contribution in [0.5, 0.6) is 10.9 Å². The van der Waals surface area contributed by atoms with Crippen molar-refractivity contribution in [3.05, 3.63) is 71.5 Å². The largest absolute Gasteiger partial charge is 0.430 e. The van der Waals surface area contributed by atoms with Crippen molar-refractivity contribution in [2.24, 2.45) is 0 Å². The van der Waals surface area contributed by atoms with Gasteiger partial charge >= 0.3 is 0 Å². The molecule has 1 N–H and O–H groups in total. The highest BCUT2D eigenvalue weighted by molar-refractivity contribution is 7.07. The number of benzene rings is 2. The minimum Gasteiger partial charge on any atom is -0.430 e. The fraction of sp³-hybridized carbons (Fsp3) is 0.250. The second-order valence-electron chi connectivity index (χ2n) is 5.90. The van der Waals surface area contributed by atoms with Crippen molar-refractivity contribution in [3.8, 4) is 10.9 Å². The van der Waals surface area contributed by atoms with Gasteiger partial charge in [-0.15, -0.1) is 0 Å². The quantitative estimate of drug-likeness (QED) is 0.574. The van der Waals surface area contributed by atoms with Gasteiger partial charge in [0.1, 0.15) is 5.75 Å². The molecule has 1 aromatic heterocycles. The Morgan fingerprint density at radius 3 is 2.59 bits per heavy atom. The van der Waals surface area contributed by atoms with E-state index >= 15 is 0 Å². The van der Waals surface area contributed by atoms with Gasteiger partial charge in [0, 0.05) is 31.6 Å². The third kappa shape index (κ3) is 6.16. The van der Waals surface area contributed by atoms with Gasteiger partial charge in [-0.1, -0.05) is 42.5 Å². The van der Waals surface area contributed by atoms with Crippen LogP contribution in [0, 0.1) is 0 Å². The number of nitrogens with zero attached hydrogens (tertiary/aromatic N) is 2. The predicted molar refractivity (Wildman–Crippen MR) is 104 cm³/mol. The lowest BCUT2D eigenvalue weighted by Gasteiger charge is -2.06. The minimum atomic E-state index is -0.0320. The second kappa shape index (κ2) is 9.80. The zero-order valence-electron chi connectivity index (χ0n) is 15.1. The molecule has 0 spiro atoms. The first-order chi connectivity index (χ1) is 13.2. The molecule has 3 aromatic rings. The van der Waals surface area contributed by atoms with Gasteiger partial charge in [0.15, 0.2) is 5.82 Å². The Hall–Kier alpha value is -2.77. The molecule has 0 aliphatic heterocycles. The normalized spacial score (nSPS) is 10.6. The number of hydrogen-bond donors (Lipinski definition) is 1. The second-order valence-corrected chi connectivity index (χ2v) is 6.62. The van der Waals surface area contributed by atoms with E-state index in [9.17, 15) is 4.79 Å². The fourth-order valence-corrected chi connectivity index (χ4v) is 3.01. The smallest absolute Gasteiger partial charge is 0.298 e. The van der Waals surface area contributed by atoms with Crippen LogP contribution in [-0.2, 0) is 22.4 Å². The molecule has 1 heterocycles. The Morgan fingerprint density at radius 2 is 1.85 bits per heavy atom. The molecular weight excluding hydrogens is 362 g/mol. The number of methoxy groups -OCH3 is 1. The van der Waals surface area contributed by atoms with Gasteiger partial charge in [0.2, 0.25) is 5.91 Å². The molecule has 0 saturated heterocycles. The third-order valence-corrected chi connectivity index (χ3v) is 4.41. The summed E-state index contributed by atoms with van der Waals surface area (Å²) in [6.45, 7) is 1.02. The summed E-state index contributed by atoms with van der Waals surface area (Å²) in [5.74, 6) is 1.38. The Morgan fingerprint density at radius 1 is 1.07 bits per heavy atom. The predicted octanol–water partition coefficient (Wildman–Crippen LogP) is 3.23. The van der Waals surface area contributed by atoms with E-state index in [0.717, 1.165) is 17.0 Å². The molecule has 7 heteroatoms. The highest BCUT2D eigenvalue weighted by atomic mass is 32.1. The van der Waals surface area contributed by atoms with E-state index < -0.39 is 0 Å². The van der Waals surface area contributed by atoms with E-state index in [-0.39, 0.29) is 5.91 Å². The number of amides is 1. The van der Waals surface area contributed by atoms with Crippen LogP contribution in [-0.4, -0.2) is 35.5 Å². The monoisotopic (exact) mass is 383 g/mol. The molecule has 0 unspecified atom stereocenters. The highest BCUT2D eigenvalue weighted by Gasteiger charge is 2.08. The van der Waals surface area contributed by atoms with E-state index in [1.165, 1.54) is 11.5 Å². The third-order valence-electron chi connectivity index (χ3n) is 3.78. The van der Waals surface area contributed by atoms with Crippen molar-refractivity contribution in [3.63, 3.8) is 0 Å². The lowest BCUT2D eigenvalue weighted by Crippen LogP contribution is -2.28. The molecule has 0 saturated carbocycles. The molecule has 3 rings (SSSR count). The minimum absolute atomic E-state index is 0.0320. The molecule has 0 aliphatic carbocycles. The Balaban J connectivity index is 1.52. The van der Waals surface area contributed by atoms with Gasteiger partial charge < -0.3 is 14.8 Å². The molecule has 27 heavy (non-hydrogen) atoms. The topological polar surface area (TPSA) is 73.3 Å². The van der Waals surface area contributed by atoms with Crippen molar-refractivity contribution in [1.82, 2.24) is 14.7 Å². The molecule has 6 nitrogen and oxygen atoms in total. The Kier molecular flexibility index (Phi) is 6.90. The van der Waals surface area contributed by atoms with Crippen molar-refractivity contribution >= 4 is 17.4 Å². The first kappa shape index (κ1) is 19.0. The van der Waals surface area contributed by atoms with E-state index in [0.29, 0.717) is 36.9 Å². The molecular formula is C20H21N3O3S. The Bertz CT molecular complexity index is 850. The molecule has 0 bridgehead atoms. The lowest BCUT2D eigenvalue weighted by molar-refractivity contribution is -0.120. The van der Waals surface area contributed by atoms with Crippen molar-refractivity contribution in [2.75, 3.05) is 20.3 Å². The number of ether oxygens (including phenoxy) is 2. The number of nitrogens with one attached hydrogen (secondary N) is 1. The van der Waals surface area contributed by atoms with Crippen molar-refractivity contribution in [2.45, 2.75) is 12.8 Å². The maximum absolute atomic E-state index is 11.8. The number of hydrogen-bond acceptors (Lipinski definition) is 6. The molecule has 2 aromatic carbocycles. The van der Waals surface area contributed by atoms with Crippen molar-refractivity contribution < 1.29 is 14.3 Å². The van der Waals surface area contributed by atoms with E-state index in [2.05, 4.69) is 14.7 Å². The first-order valence-electron chi connectivity index (χ1n) is 8.62. The molecule has 0 fully saturated rings. The maximum atomic E-state index is 11.8. The van der Waals surface area contributed by atoms with Crippen LogP contribution < -0.4 is 10.1 Å². The fourth-order valence-electron chi connectivity index (χ4n) is 2.45. The summed E-state index contributed by atoms with van der Waals surface area (Å²) in [6, 6.07) is 17.5. The molecule has 0 aliphatic rings. The van der Waals surface area contributed by atoms with Crippen LogP contribution in [0.15, 0.2) is 54.6 Å². The van der Waals surface area contributed by atoms with Gasteiger partial charge in [0.05, 0.1) is 13.0 Å². The molecule has 0 radical (unpaired) electrons. The van der Waals surface area contributed by atoms with Gasteiger partial charge in [0.25, 0.3) is 5.19 Å². The zero-order chi connectivity index (χ0) is 18.9. The summed E-state index contributed by atoms with van der Waals surface area (Å²) < 4.78 is 15.0. The summed E-state index contributed by atoms with van der Waals surface area (Å²) in [5.41, 5.74) is 2.08. The van der Waals surface area contributed by atoms with E-state index in [4.69, 9.17) is 9.47 Å². The highest BCUT2D eigenvalue weighted by Crippen LogP contribution is 2.24. The van der Waals surface area contributed by atoms with Crippen LogP contribution in [0.4, 0.5) is 0 Å². The number of aromatic nitrogens is 2. The lowest BCUT2D eigenvalue weighted by atomic mass is 10.1. The summed E-state index contributed by atoms with van der Waals surface area (Å²) in [5, 5.41) is 3.30. The van der Waals surface area contributed by atoms with E-state index in [1.54, 1.807) is 7.11 Å². The van der Waals surface area contributed by atoms with Gasteiger partial charge in [-0.2, -0.15) is 9.36 Å². The molecule has 140 valence electrons. The van der Waals surface area contributed by atoms with Gasteiger partial charge in [-0.3, -0.25) is 4.79 Å². The first-order valence-corrected chi connectivity index (χ1v) is 9.39. The number of carbonyl (C=O) groups is 1.